The van der Waals surface area contributed by atoms with E-state index in [2.05, 4.69) is 9.97 Å². The molecule has 0 saturated heterocycles. The number of nitrogen functional groups attached to an aromatic ring is 1. The van der Waals surface area contributed by atoms with Crippen LogP contribution < -0.4 is 5.73 Å². The van der Waals surface area contributed by atoms with Crippen LogP contribution in [0.3, 0.4) is 0 Å². The Kier molecular flexibility index (Phi) is 2.45. The van der Waals surface area contributed by atoms with Crippen LogP contribution in [-0.4, -0.2) is 9.97 Å². The minimum atomic E-state index is -0.495. The Morgan fingerprint density at radius 1 is 1.17 bits per heavy atom. The number of nitrogens with two attached hydrogens (primary N) is 1. The molecule has 2 heterocycles. The maximum atomic E-state index is 13.5. The van der Waals surface area contributed by atoms with Crippen molar-refractivity contribution >= 4 is 27.2 Å². The fourth-order valence-electron chi connectivity index (χ4n) is 1.65. The van der Waals surface area contributed by atoms with Crippen LogP contribution in [-0.2, 0) is 0 Å². The third-order valence-corrected chi connectivity index (χ3v) is 3.53. The second-order valence-electron chi connectivity index (χ2n) is 3.72. The first-order chi connectivity index (χ1) is 8.65. The zero-order valence-electron chi connectivity index (χ0n) is 9.02. The molecular weight excluding hydrogens is 256 g/mol. The fraction of sp³-hybridized carbons (Fsp3) is 0. The molecule has 1 aromatic carbocycles. The van der Waals surface area contributed by atoms with Crippen LogP contribution >= 0.6 is 11.3 Å². The van der Waals surface area contributed by atoms with E-state index in [1.54, 1.807) is 0 Å². The van der Waals surface area contributed by atoms with Crippen LogP contribution in [0, 0.1) is 11.6 Å². The van der Waals surface area contributed by atoms with Gasteiger partial charge in [0.25, 0.3) is 0 Å². The zero-order chi connectivity index (χ0) is 12.7. The first-order valence-electron chi connectivity index (χ1n) is 5.10. The molecule has 3 aromatic rings. The Balaban J connectivity index is 2.26. The van der Waals surface area contributed by atoms with Crippen molar-refractivity contribution in [2.75, 3.05) is 5.73 Å². The summed E-state index contributed by atoms with van der Waals surface area (Å²) in [6.45, 7) is 0. The van der Waals surface area contributed by atoms with E-state index in [0.717, 1.165) is 6.20 Å². The van der Waals surface area contributed by atoms with E-state index >= 15 is 0 Å². The van der Waals surface area contributed by atoms with Gasteiger partial charge >= 0.3 is 0 Å². The number of fused-ring (bicyclic) bond motifs is 1. The number of hydrogen-bond acceptors (Lipinski definition) is 4. The van der Waals surface area contributed by atoms with Gasteiger partial charge in [-0.3, -0.25) is 4.98 Å². The lowest BCUT2D eigenvalue weighted by Crippen LogP contribution is -1.90. The lowest BCUT2D eigenvalue weighted by molar-refractivity contribution is 0.628. The Bertz CT molecular complexity index is 739. The zero-order valence-corrected chi connectivity index (χ0v) is 9.84. The van der Waals surface area contributed by atoms with Crippen LogP contribution in [0.2, 0.25) is 0 Å². The average Bonchev–Trinajstić information content (AvgIpc) is 2.77. The van der Waals surface area contributed by atoms with Crippen molar-refractivity contribution in [2.24, 2.45) is 0 Å². The molecule has 0 unspecified atom stereocenters. The number of nitrogens with zero attached hydrogens (tertiary/aromatic N) is 2. The maximum Gasteiger partial charge on any atom is 0.168 e. The number of benzene rings is 1. The second kappa shape index (κ2) is 3.99. The average molecular weight is 263 g/mol. The highest BCUT2D eigenvalue weighted by molar-refractivity contribution is 7.21. The van der Waals surface area contributed by atoms with Crippen LogP contribution in [0.5, 0.6) is 0 Å². The molecule has 3 rings (SSSR count). The SMILES string of the molecule is Nc1ccc(F)cc1-c1nc2c(F)cncc2s1. The van der Waals surface area contributed by atoms with E-state index in [1.165, 1.54) is 35.7 Å². The molecule has 0 spiro atoms. The molecule has 0 saturated carbocycles. The van der Waals surface area contributed by atoms with Crippen molar-refractivity contribution in [3.63, 3.8) is 0 Å². The molecule has 6 heteroatoms. The number of rotatable bonds is 1. The number of halogens is 2. The summed E-state index contributed by atoms with van der Waals surface area (Å²) in [4.78, 5) is 7.89. The molecule has 0 aliphatic heterocycles. The number of hydrogen-bond donors (Lipinski definition) is 1. The minimum absolute atomic E-state index is 0.230. The first-order valence-corrected chi connectivity index (χ1v) is 5.92. The van der Waals surface area contributed by atoms with Gasteiger partial charge in [-0.25, -0.2) is 13.8 Å². The highest BCUT2D eigenvalue weighted by Crippen LogP contribution is 2.34. The van der Waals surface area contributed by atoms with Gasteiger partial charge in [-0.15, -0.1) is 11.3 Å². The highest BCUT2D eigenvalue weighted by atomic mass is 32.1. The second-order valence-corrected chi connectivity index (χ2v) is 4.75. The summed E-state index contributed by atoms with van der Waals surface area (Å²) in [7, 11) is 0. The summed E-state index contributed by atoms with van der Waals surface area (Å²) < 4.78 is 27.3. The monoisotopic (exact) mass is 263 g/mol. The van der Waals surface area contributed by atoms with E-state index in [9.17, 15) is 8.78 Å². The molecule has 0 aliphatic rings. The normalized spacial score (nSPS) is 11.0. The molecule has 0 fully saturated rings. The van der Waals surface area contributed by atoms with E-state index in [-0.39, 0.29) is 5.52 Å². The molecular formula is C12H7F2N3S. The van der Waals surface area contributed by atoms with Crippen molar-refractivity contribution in [3.05, 3.63) is 42.2 Å². The van der Waals surface area contributed by atoms with Crippen molar-refractivity contribution in [3.8, 4) is 10.6 Å². The third-order valence-electron chi connectivity index (χ3n) is 2.51. The highest BCUT2D eigenvalue weighted by Gasteiger charge is 2.12. The summed E-state index contributed by atoms with van der Waals surface area (Å²) in [6.07, 6.45) is 2.62. The lowest BCUT2D eigenvalue weighted by Gasteiger charge is -2.01. The van der Waals surface area contributed by atoms with Gasteiger partial charge in [-0.2, -0.15) is 0 Å². The molecule has 0 atom stereocenters. The summed E-state index contributed by atoms with van der Waals surface area (Å²) >= 11 is 1.23. The van der Waals surface area contributed by atoms with Gasteiger partial charge < -0.3 is 5.73 Å². The van der Waals surface area contributed by atoms with Gasteiger partial charge in [0.1, 0.15) is 16.3 Å². The van der Waals surface area contributed by atoms with E-state index in [0.29, 0.717) is 21.0 Å². The summed E-state index contributed by atoms with van der Waals surface area (Å²) in [5, 5.41) is 0.480. The van der Waals surface area contributed by atoms with Crippen molar-refractivity contribution in [1.29, 1.82) is 0 Å². The topological polar surface area (TPSA) is 51.8 Å². The summed E-state index contributed by atoms with van der Waals surface area (Å²) in [6, 6.07) is 4.03. The smallest absolute Gasteiger partial charge is 0.168 e. The molecule has 18 heavy (non-hydrogen) atoms. The van der Waals surface area contributed by atoms with Gasteiger partial charge in [0, 0.05) is 17.4 Å². The van der Waals surface area contributed by atoms with E-state index in [1.807, 2.05) is 0 Å². The third kappa shape index (κ3) is 1.70. The van der Waals surface area contributed by atoms with Crippen LogP contribution in [0.1, 0.15) is 0 Å². The molecule has 0 amide bonds. The van der Waals surface area contributed by atoms with Gasteiger partial charge in [0.2, 0.25) is 0 Å². The van der Waals surface area contributed by atoms with Gasteiger partial charge in [0.15, 0.2) is 5.82 Å². The first kappa shape index (κ1) is 11.0. The standard InChI is InChI=1S/C12H7F2N3S/c13-6-1-2-9(15)7(3-6)12-17-11-8(14)4-16-5-10(11)18-12/h1-5H,15H2. The predicted molar refractivity (Wildman–Crippen MR) is 67.2 cm³/mol. The molecule has 3 nitrogen and oxygen atoms in total. The summed E-state index contributed by atoms with van der Waals surface area (Å²) in [5.74, 6) is -0.901. The van der Waals surface area contributed by atoms with Gasteiger partial charge in [-0.05, 0) is 18.2 Å². The Labute approximate surface area is 105 Å². The van der Waals surface area contributed by atoms with Gasteiger partial charge in [0.05, 0.1) is 10.9 Å². The van der Waals surface area contributed by atoms with E-state index < -0.39 is 11.6 Å². The van der Waals surface area contributed by atoms with Gasteiger partial charge in [-0.1, -0.05) is 0 Å². The summed E-state index contributed by atoms with van der Waals surface area (Å²) in [5.41, 5.74) is 6.88. The number of pyridine rings is 1. The van der Waals surface area contributed by atoms with Crippen molar-refractivity contribution < 1.29 is 8.78 Å². The largest absolute Gasteiger partial charge is 0.398 e. The molecule has 2 aromatic heterocycles. The Hall–Kier alpha value is -2.08. The van der Waals surface area contributed by atoms with Crippen molar-refractivity contribution in [2.45, 2.75) is 0 Å². The number of anilines is 1. The molecule has 2 N–H and O–H groups in total. The van der Waals surface area contributed by atoms with Crippen molar-refractivity contribution in [1.82, 2.24) is 9.97 Å². The van der Waals surface area contributed by atoms with Crippen LogP contribution in [0.25, 0.3) is 20.8 Å². The van der Waals surface area contributed by atoms with E-state index in [4.69, 9.17) is 5.73 Å². The molecule has 0 aliphatic carbocycles. The van der Waals surface area contributed by atoms with Crippen LogP contribution in [0.15, 0.2) is 30.6 Å². The predicted octanol–water partition coefficient (Wildman–Crippen LogP) is 3.22. The fourth-order valence-corrected chi connectivity index (χ4v) is 2.64. The quantitative estimate of drug-likeness (QED) is 0.686. The maximum absolute atomic E-state index is 13.5. The Morgan fingerprint density at radius 3 is 2.78 bits per heavy atom. The number of aromatic nitrogens is 2. The Morgan fingerprint density at radius 2 is 2.00 bits per heavy atom. The number of thiazole rings is 1. The minimum Gasteiger partial charge on any atom is -0.398 e. The molecule has 0 radical (unpaired) electrons. The lowest BCUT2D eigenvalue weighted by atomic mass is 10.2. The van der Waals surface area contributed by atoms with Crippen LogP contribution in [0.4, 0.5) is 14.5 Å². The molecule has 90 valence electrons. The molecule has 0 bridgehead atoms.